The van der Waals surface area contributed by atoms with Gasteiger partial charge in [-0.05, 0) is 48.7 Å². The third-order valence-electron chi connectivity index (χ3n) is 5.38. The maximum atomic E-state index is 13.3. The zero-order valence-electron chi connectivity index (χ0n) is 17.6. The molecule has 2 aliphatic rings. The van der Waals surface area contributed by atoms with E-state index in [1.807, 2.05) is 59.5 Å². The van der Waals surface area contributed by atoms with Crippen molar-refractivity contribution >= 4 is 57.2 Å². The highest BCUT2D eigenvalue weighted by atomic mass is 79.9. The summed E-state index contributed by atoms with van der Waals surface area (Å²) in [7, 11) is 0. The molecule has 4 rings (SSSR count). The van der Waals surface area contributed by atoms with Crippen LogP contribution in [0.4, 0.5) is 5.69 Å². The van der Waals surface area contributed by atoms with Crippen molar-refractivity contribution in [3.05, 3.63) is 63.5 Å². The second kappa shape index (κ2) is 10.4. The molecule has 1 fully saturated rings. The smallest absolute Gasteiger partial charge is 0.265 e. The van der Waals surface area contributed by atoms with Gasteiger partial charge in [0, 0.05) is 35.4 Å². The van der Waals surface area contributed by atoms with Crippen LogP contribution in [0.2, 0.25) is 0 Å². The van der Waals surface area contributed by atoms with Crippen molar-refractivity contribution in [3.63, 3.8) is 0 Å². The highest BCUT2D eigenvalue weighted by molar-refractivity contribution is 9.10. The third kappa shape index (κ3) is 5.42. The lowest BCUT2D eigenvalue weighted by Crippen LogP contribution is -2.43. The average molecular weight is 514 g/mol. The van der Waals surface area contributed by atoms with E-state index >= 15 is 0 Å². The van der Waals surface area contributed by atoms with Crippen molar-refractivity contribution in [3.8, 4) is 0 Å². The van der Waals surface area contributed by atoms with Crippen molar-refractivity contribution in [1.82, 2.24) is 10.2 Å². The minimum Gasteiger partial charge on any atom is -0.354 e. The summed E-state index contributed by atoms with van der Waals surface area (Å²) in [4.78, 5) is 42.4. The number of nitrogens with one attached hydrogen (secondary N) is 1. The van der Waals surface area contributed by atoms with Crippen LogP contribution in [0, 0.1) is 0 Å². The van der Waals surface area contributed by atoms with Crippen LogP contribution in [0.1, 0.15) is 24.8 Å². The molecule has 166 valence electrons. The Kier molecular flexibility index (Phi) is 7.32. The van der Waals surface area contributed by atoms with Crippen molar-refractivity contribution in [2.24, 2.45) is 0 Å². The molecular formula is C24H24BrN3O3S. The summed E-state index contributed by atoms with van der Waals surface area (Å²) in [6.07, 6.45) is 4.09. The Hall–Kier alpha value is -2.58. The number of likely N-dealkylation sites (tertiary alicyclic amines) is 1. The van der Waals surface area contributed by atoms with E-state index in [9.17, 15) is 14.4 Å². The van der Waals surface area contributed by atoms with Crippen molar-refractivity contribution in [2.45, 2.75) is 24.2 Å². The van der Waals surface area contributed by atoms with Crippen LogP contribution < -0.4 is 10.2 Å². The van der Waals surface area contributed by atoms with Crippen LogP contribution in [-0.2, 0) is 14.4 Å². The number of carbonyl (C=O) groups is 3. The van der Waals surface area contributed by atoms with E-state index in [1.165, 1.54) is 16.7 Å². The lowest BCUT2D eigenvalue weighted by atomic mass is 10.2. The van der Waals surface area contributed by atoms with E-state index in [0.29, 0.717) is 30.8 Å². The number of hydrogen-bond donors (Lipinski definition) is 1. The van der Waals surface area contributed by atoms with E-state index < -0.39 is 0 Å². The van der Waals surface area contributed by atoms with Crippen molar-refractivity contribution in [1.29, 1.82) is 0 Å². The van der Waals surface area contributed by atoms with E-state index in [1.54, 1.807) is 0 Å². The summed E-state index contributed by atoms with van der Waals surface area (Å²) in [5.74, 6) is -0.213. The van der Waals surface area contributed by atoms with Crippen LogP contribution in [0.25, 0.3) is 6.08 Å². The highest BCUT2D eigenvalue weighted by Gasteiger charge is 2.30. The second-order valence-corrected chi connectivity index (χ2v) is 9.71. The van der Waals surface area contributed by atoms with Gasteiger partial charge in [-0.2, -0.15) is 0 Å². The van der Waals surface area contributed by atoms with Gasteiger partial charge in [0.1, 0.15) is 6.54 Å². The Labute approximate surface area is 200 Å². The number of carbonyl (C=O) groups excluding carboxylic acids is 3. The van der Waals surface area contributed by atoms with Crippen LogP contribution >= 0.6 is 27.7 Å². The molecule has 6 nitrogen and oxygen atoms in total. The maximum Gasteiger partial charge on any atom is 0.265 e. The van der Waals surface area contributed by atoms with Gasteiger partial charge in [0.25, 0.3) is 5.91 Å². The summed E-state index contributed by atoms with van der Waals surface area (Å²) < 4.78 is 0.937. The molecule has 3 amide bonds. The Morgan fingerprint density at radius 3 is 2.78 bits per heavy atom. The molecule has 0 bridgehead atoms. The number of nitrogens with zero attached hydrogens (tertiary/aromatic N) is 2. The molecule has 0 aliphatic carbocycles. The topological polar surface area (TPSA) is 69.7 Å². The number of halogens is 1. The zero-order valence-corrected chi connectivity index (χ0v) is 20.0. The number of hydrogen-bond acceptors (Lipinski definition) is 4. The molecular weight excluding hydrogens is 490 g/mol. The number of thioether (sulfide) groups is 1. The molecule has 2 heterocycles. The van der Waals surface area contributed by atoms with E-state index in [4.69, 9.17) is 0 Å². The fraction of sp³-hybridized carbons (Fsp3) is 0.292. The SMILES string of the molecule is O=C(CN1C(=O)C(=Cc2cccc(Br)c2)Sc2ccccc21)NCCCN1CCCC1=O. The van der Waals surface area contributed by atoms with E-state index in [-0.39, 0.29) is 24.3 Å². The van der Waals surface area contributed by atoms with Gasteiger partial charge in [-0.25, -0.2) is 0 Å². The Bertz CT molecular complexity index is 1070. The van der Waals surface area contributed by atoms with E-state index in [0.717, 1.165) is 33.6 Å². The predicted molar refractivity (Wildman–Crippen MR) is 130 cm³/mol. The number of benzene rings is 2. The minimum absolute atomic E-state index is 0.0468. The summed E-state index contributed by atoms with van der Waals surface area (Å²) in [5.41, 5.74) is 1.65. The van der Waals surface area contributed by atoms with Crippen LogP contribution in [-0.4, -0.2) is 48.8 Å². The summed E-state index contributed by atoms with van der Waals surface area (Å²) in [6, 6.07) is 15.4. The maximum absolute atomic E-state index is 13.3. The molecule has 2 aromatic carbocycles. The number of fused-ring (bicyclic) bond motifs is 1. The van der Waals surface area contributed by atoms with Gasteiger partial charge in [0.2, 0.25) is 11.8 Å². The Morgan fingerprint density at radius 2 is 2.00 bits per heavy atom. The molecule has 0 radical (unpaired) electrons. The fourth-order valence-corrected chi connectivity index (χ4v) is 5.28. The highest BCUT2D eigenvalue weighted by Crippen LogP contribution is 2.42. The summed E-state index contributed by atoms with van der Waals surface area (Å²) >= 11 is 4.88. The predicted octanol–water partition coefficient (Wildman–Crippen LogP) is 4.06. The lowest BCUT2D eigenvalue weighted by Gasteiger charge is -2.29. The molecule has 0 aromatic heterocycles. The van der Waals surface area contributed by atoms with Gasteiger partial charge >= 0.3 is 0 Å². The normalized spacial score (nSPS) is 17.1. The number of para-hydroxylation sites is 1. The molecule has 32 heavy (non-hydrogen) atoms. The molecule has 2 aliphatic heterocycles. The van der Waals surface area contributed by atoms with Gasteiger partial charge in [-0.1, -0.05) is 52.0 Å². The molecule has 0 atom stereocenters. The van der Waals surface area contributed by atoms with Gasteiger partial charge in [0.05, 0.1) is 10.6 Å². The molecule has 1 saturated heterocycles. The summed E-state index contributed by atoms with van der Waals surface area (Å²) in [6.45, 7) is 1.88. The van der Waals surface area contributed by atoms with Crippen LogP contribution in [0.15, 0.2) is 62.8 Å². The van der Waals surface area contributed by atoms with Gasteiger partial charge in [-0.15, -0.1) is 0 Å². The number of amides is 3. The standard InChI is InChI=1S/C24H24BrN3O3S/c25-18-7-3-6-17(14-18)15-21-24(31)28(19-8-1-2-9-20(19)32-21)16-22(29)26-11-5-13-27-12-4-10-23(27)30/h1-3,6-9,14-15H,4-5,10-13,16H2,(H,26,29). The first-order valence-corrected chi connectivity index (χ1v) is 12.2. The average Bonchev–Trinajstić information content (AvgIpc) is 3.19. The quantitative estimate of drug-likeness (QED) is 0.447. The monoisotopic (exact) mass is 513 g/mol. The molecule has 8 heteroatoms. The summed E-state index contributed by atoms with van der Waals surface area (Å²) in [5, 5.41) is 2.89. The first-order valence-electron chi connectivity index (χ1n) is 10.6. The third-order valence-corrected chi connectivity index (χ3v) is 6.95. The van der Waals surface area contributed by atoms with E-state index in [2.05, 4.69) is 21.2 Å². The van der Waals surface area contributed by atoms with Crippen LogP contribution in [0.3, 0.4) is 0 Å². The number of rotatable bonds is 7. The van der Waals surface area contributed by atoms with Crippen molar-refractivity contribution < 1.29 is 14.4 Å². The molecule has 0 unspecified atom stereocenters. The fourth-order valence-electron chi connectivity index (χ4n) is 3.80. The second-order valence-electron chi connectivity index (χ2n) is 7.71. The minimum atomic E-state index is -0.213. The molecule has 1 N–H and O–H groups in total. The zero-order chi connectivity index (χ0) is 22.5. The Morgan fingerprint density at radius 1 is 1.16 bits per heavy atom. The lowest BCUT2D eigenvalue weighted by molar-refractivity contribution is -0.127. The Balaban J connectivity index is 1.42. The van der Waals surface area contributed by atoms with Crippen molar-refractivity contribution in [2.75, 3.05) is 31.1 Å². The first kappa shape index (κ1) is 22.6. The molecule has 0 saturated carbocycles. The molecule has 0 spiro atoms. The largest absolute Gasteiger partial charge is 0.354 e. The first-order chi connectivity index (χ1) is 15.5. The van der Waals surface area contributed by atoms with Gasteiger partial charge < -0.3 is 10.2 Å². The molecule has 2 aromatic rings. The van der Waals surface area contributed by atoms with Gasteiger partial charge in [-0.3, -0.25) is 19.3 Å². The van der Waals surface area contributed by atoms with Crippen LogP contribution in [0.5, 0.6) is 0 Å². The number of anilines is 1. The van der Waals surface area contributed by atoms with Gasteiger partial charge in [0.15, 0.2) is 0 Å².